The maximum atomic E-state index is 5.85. The zero-order valence-corrected chi connectivity index (χ0v) is 10.0. The number of rotatable bonds is 4. The molecule has 1 N–H and O–H groups in total. The van der Waals surface area contributed by atoms with E-state index in [9.17, 15) is 0 Å². The average Bonchev–Trinajstić information content (AvgIpc) is 2.82. The molecule has 0 saturated carbocycles. The average molecular weight is 241 g/mol. The SMILES string of the molecule is c1ccc2c(c1)CC(CNCc1ccncn1)O2. The van der Waals surface area contributed by atoms with Gasteiger partial charge in [-0.15, -0.1) is 0 Å². The first-order valence-corrected chi connectivity index (χ1v) is 6.12. The molecule has 92 valence electrons. The van der Waals surface area contributed by atoms with Crippen molar-refractivity contribution in [2.24, 2.45) is 0 Å². The van der Waals surface area contributed by atoms with Gasteiger partial charge >= 0.3 is 0 Å². The van der Waals surface area contributed by atoms with Crippen molar-refractivity contribution in [2.75, 3.05) is 6.54 Å². The molecule has 2 heterocycles. The van der Waals surface area contributed by atoms with Crippen LogP contribution in [0.3, 0.4) is 0 Å². The molecule has 0 aliphatic carbocycles. The lowest BCUT2D eigenvalue weighted by Gasteiger charge is -2.11. The van der Waals surface area contributed by atoms with Gasteiger partial charge in [0.05, 0.1) is 5.69 Å². The number of hydrogen-bond donors (Lipinski definition) is 1. The van der Waals surface area contributed by atoms with Crippen molar-refractivity contribution in [1.29, 1.82) is 0 Å². The molecular weight excluding hydrogens is 226 g/mol. The van der Waals surface area contributed by atoms with Gasteiger partial charge in [0.2, 0.25) is 0 Å². The van der Waals surface area contributed by atoms with Gasteiger partial charge in [0.25, 0.3) is 0 Å². The smallest absolute Gasteiger partial charge is 0.123 e. The van der Waals surface area contributed by atoms with Gasteiger partial charge in [0.1, 0.15) is 18.2 Å². The number of benzene rings is 1. The predicted octanol–water partition coefficient (Wildman–Crippen LogP) is 1.57. The third kappa shape index (κ3) is 2.49. The van der Waals surface area contributed by atoms with E-state index in [2.05, 4.69) is 27.4 Å². The van der Waals surface area contributed by atoms with E-state index in [1.807, 2.05) is 18.2 Å². The third-order valence-electron chi connectivity index (χ3n) is 3.04. The second-order valence-corrected chi connectivity index (χ2v) is 4.38. The normalized spacial score (nSPS) is 17.2. The van der Waals surface area contributed by atoms with E-state index in [1.54, 1.807) is 12.5 Å². The maximum Gasteiger partial charge on any atom is 0.123 e. The van der Waals surface area contributed by atoms with Gasteiger partial charge in [-0.2, -0.15) is 0 Å². The second-order valence-electron chi connectivity index (χ2n) is 4.38. The van der Waals surface area contributed by atoms with Crippen LogP contribution < -0.4 is 10.1 Å². The molecule has 18 heavy (non-hydrogen) atoms. The topological polar surface area (TPSA) is 47.0 Å². The second kappa shape index (κ2) is 5.14. The van der Waals surface area contributed by atoms with E-state index in [1.165, 1.54) is 5.56 Å². The highest BCUT2D eigenvalue weighted by Crippen LogP contribution is 2.27. The Kier molecular flexibility index (Phi) is 3.19. The van der Waals surface area contributed by atoms with Gasteiger partial charge in [0, 0.05) is 25.7 Å². The zero-order chi connectivity index (χ0) is 12.2. The molecule has 0 spiro atoms. The molecule has 3 rings (SSSR count). The molecule has 1 aromatic carbocycles. The fraction of sp³-hybridized carbons (Fsp3) is 0.286. The number of nitrogens with zero attached hydrogens (tertiary/aromatic N) is 2. The molecule has 0 fully saturated rings. The summed E-state index contributed by atoms with van der Waals surface area (Å²) in [5.74, 6) is 1.02. The molecular formula is C14H15N3O. The van der Waals surface area contributed by atoms with Gasteiger partial charge in [0.15, 0.2) is 0 Å². The van der Waals surface area contributed by atoms with Crippen LogP contribution in [0.5, 0.6) is 5.75 Å². The summed E-state index contributed by atoms with van der Waals surface area (Å²) in [5.41, 5.74) is 2.30. The van der Waals surface area contributed by atoms with Gasteiger partial charge in [-0.25, -0.2) is 9.97 Å². The summed E-state index contributed by atoms with van der Waals surface area (Å²) in [6.07, 6.45) is 4.53. The number of fused-ring (bicyclic) bond motifs is 1. The summed E-state index contributed by atoms with van der Waals surface area (Å²) >= 11 is 0. The van der Waals surface area contributed by atoms with Crippen molar-refractivity contribution in [3.05, 3.63) is 54.1 Å². The van der Waals surface area contributed by atoms with Gasteiger partial charge in [-0.05, 0) is 17.7 Å². The Labute approximate surface area is 106 Å². The highest BCUT2D eigenvalue weighted by atomic mass is 16.5. The maximum absolute atomic E-state index is 5.85. The van der Waals surface area contributed by atoms with E-state index in [0.29, 0.717) is 0 Å². The number of ether oxygens (including phenoxy) is 1. The lowest BCUT2D eigenvalue weighted by Crippen LogP contribution is -2.29. The molecule has 1 atom stereocenters. The largest absolute Gasteiger partial charge is 0.488 e. The van der Waals surface area contributed by atoms with Crippen LogP contribution in [0, 0.1) is 0 Å². The quantitative estimate of drug-likeness (QED) is 0.882. The van der Waals surface area contributed by atoms with Crippen LogP contribution >= 0.6 is 0 Å². The summed E-state index contributed by atoms with van der Waals surface area (Å²) in [4.78, 5) is 8.06. The van der Waals surface area contributed by atoms with E-state index in [4.69, 9.17) is 4.74 Å². The standard InChI is InChI=1S/C14H15N3O/c1-2-4-14-11(3-1)7-13(18-14)9-16-8-12-5-6-15-10-17-12/h1-6,10,13,16H,7-9H2. The fourth-order valence-corrected chi connectivity index (χ4v) is 2.15. The molecule has 0 bridgehead atoms. The highest BCUT2D eigenvalue weighted by Gasteiger charge is 2.21. The van der Waals surface area contributed by atoms with Crippen LogP contribution in [0.4, 0.5) is 0 Å². The van der Waals surface area contributed by atoms with Crippen LogP contribution in [0.2, 0.25) is 0 Å². The van der Waals surface area contributed by atoms with E-state index in [-0.39, 0.29) is 6.10 Å². The Bertz CT molecular complexity index is 490. The molecule has 0 amide bonds. The summed E-state index contributed by atoms with van der Waals surface area (Å²) in [6, 6.07) is 10.1. The Morgan fingerprint density at radius 3 is 3.06 bits per heavy atom. The lowest BCUT2D eigenvalue weighted by atomic mass is 10.1. The fourth-order valence-electron chi connectivity index (χ4n) is 2.15. The monoisotopic (exact) mass is 241 g/mol. The van der Waals surface area contributed by atoms with Crippen LogP contribution in [0.15, 0.2) is 42.9 Å². The summed E-state index contributed by atoms with van der Waals surface area (Å²) in [7, 11) is 0. The van der Waals surface area contributed by atoms with Crippen LogP contribution in [-0.2, 0) is 13.0 Å². The third-order valence-corrected chi connectivity index (χ3v) is 3.04. The van der Waals surface area contributed by atoms with Gasteiger partial charge < -0.3 is 10.1 Å². The predicted molar refractivity (Wildman–Crippen MR) is 68.3 cm³/mol. The highest BCUT2D eigenvalue weighted by molar-refractivity contribution is 5.37. The van der Waals surface area contributed by atoms with Crippen molar-refractivity contribution in [3.8, 4) is 5.75 Å². The van der Waals surface area contributed by atoms with Crippen molar-refractivity contribution in [1.82, 2.24) is 15.3 Å². The molecule has 1 aromatic heterocycles. The van der Waals surface area contributed by atoms with E-state index in [0.717, 1.165) is 31.0 Å². The minimum atomic E-state index is 0.226. The minimum Gasteiger partial charge on any atom is -0.488 e. The first-order chi connectivity index (χ1) is 8.92. The molecule has 0 saturated heterocycles. The van der Waals surface area contributed by atoms with Crippen LogP contribution in [0.1, 0.15) is 11.3 Å². The Balaban J connectivity index is 1.49. The number of aromatic nitrogens is 2. The van der Waals surface area contributed by atoms with Crippen molar-refractivity contribution in [2.45, 2.75) is 19.1 Å². The number of para-hydroxylation sites is 1. The van der Waals surface area contributed by atoms with E-state index < -0.39 is 0 Å². The number of nitrogens with one attached hydrogen (secondary N) is 1. The molecule has 1 unspecified atom stereocenters. The van der Waals surface area contributed by atoms with Crippen molar-refractivity contribution in [3.63, 3.8) is 0 Å². The number of hydrogen-bond acceptors (Lipinski definition) is 4. The van der Waals surface area contributed by atoms with Crippen molar-refractivity contribution < 1.29 is 4.74 Å². The summed E-state index contributed by atoms with van der Waals surface area (Å²) < 4.78 is 5.85. The Morgan fingerprint density at radius 1 is 1.28 bits per heavy atom. The lowest BCUT2D eigenvalue weighted by molar-refractivity contribution is 0.227. The van der Waals surface area contributed by atoms with Crippen LogP contribution in [-0.4, -0.2) is 22.6 Å². The van der Waals surface area contributed by atoms with E-state index >= 15 is 0 Å². The summed E-state index contributed by atoms with van der Waals surface area (Å²) in [5, 5.41) is 3.36. The first kappa shape index (κ1) is 11.2. The molecule has 4 heteroatoms. The molecule has 1 aliphatic heterocycles. The molecule has 0 radical (unpaired) electrons. The van der Waals surface area contributed by atoms with Crippen LogP contribution in [0.25, 0.3) is 0 Å². The Morgan fingerprint density at radius 2 is 2.22 bits per heavy atom. The zero-order valence-electron chi connectivity index (χ0n) is 10.0. The Hall–Kier alpha value is -1.94. The van der Waals surface area contributed by atoms with Gasteiger partial charge in [-0.3, -0.25) is 0 Å². The summed E-state index contributed by atoms with van der Waals surface area (Å²) in [6.45, 7) is 1.58. The molecule has 4 nitrogen and oxygen atoms in total. The van der Waals surface area contributed by atoms with Crippen molar-refractivity contribution >= 4 is 0 Å². The molecule has 1 aliphatic rings. The molecule has 2 aromatic rings. The van der Waals surface area contributed by atoms with Gasteiger partial charge in [-0.1, -0.05) is 18.2 Å². The first-order valence-electron chi connectivity index (χ1n) is 6.12. The minimum absolute atomic E-state index is 0.226.